The number of rotatable bonds is 7. The minimum absolute atomic E-state index is 0.123. The van der Waals surface area contributed by atoms with Gasteiger partial charge in [-0.2, -0.15) is 0 Å². The Hall–Kier alpha value is -1.56. The Morgan fingerprint density at radius 3 is 2.33 bits per heavy atom. The number of methoxy groups -OCH3 is 1. The molecule has 0 unspecified atom stereocenters. The van der Waals surface area contributed by atoms with Gasteiger partial charge >= 0.3 is 0 Å². The number of halogens is 1. The van der Waals surface area contributed by atoms with Crippen LogP contribution >= 0.6 is 11.6 Å². The minimum Gasteiger partial charge on any atom is -0.495 e. The molecular formula is C18H22ClNO3S. The first-order valence-corrected chi connectivity index (χ1v) is 9.60. The van der Waals surface area contributed by atoms with E-state index in [1.54, 1.807) is 6.07 Å². The van der Waals surface area contributed by atoms with Crippen molar-refractivity contribution < 1.29 is 13.2 Å². The molecule has 2 aromatic rings. The van der Waals surface area contributed by atoms with E-state index in [-0.39, 0.29) is 16.0 Å². The molecule has 0 saturated heterocycles. The average Bonchev–Trinajstić information content (AvgIpc) is 2.54. The van der Waals surface area contributed by atoms with Crippen LogP contribution in [0.3, 0.4) is 0 Å². The van der Waals surface area contributed by atoms with Crippen LogP contribution in [-0.2, 0) is 10.0 Å². The largest absolute Gasteiger partial charge is 0.495 e. The van der Waals surface area contributed by atoms with Crippen molar-refractivity contribution in [3.05, 3.63) is 59.1 Å². The van der Waals surface area contributed by atoms with Crippen molar-refractivity contribution >= 4 is 21.6 Å². The second kappa shape index (κ2) is 8.01. The predicted octanol–water partition coefficient (Wildman–Crippen LogP) is 4.41. The molecule has 0 aliphatic heterocycles. The highest BCUT2D eigenvalue weighted by Gasteiger charge is 2.23. The van der Waals surface area contributed by atoms with Gasteiger partial charge < -0.3 is 4.74 Å². The molecule has 0 bridgehead atoms. The lowest BCUT2D eigenvalue weighted by molar-refractivity contribution is 0.414. The highest BCUT2D eigenvalue weighted by molar-refractivity contribution is 7.89. The molecule has 0 radical (unpaired) electrons. The van der Waals surface area contributed by atoms with Gasteiger partial charge in [0.2, 0.25) is 10.0 Å². The van der Waals surface area contributed by atoms with E-state index >= 15 is 0 Å². The minimum atomic E-state index is -3.69. The van der Waals surface area contributed by atoms with Crippen molar-refractivity contribution in [2.75, 3.05) is 7.11 Å². The number of sulfonamides is 1. The summed E-state index contributed by atoms with van der Waals surface area (Å²) in [6.45, 7) is 4.13. The van der Waals surface area contributed by atoms with Crippen molar-refractivity contribution in [1.82, 2.24) is 4.72 Å². The van der Waals surface area contributed by atoms with Crippen molar-refractivity contribution in [1.29, 1.82) is 0 Å². The number of hydrogen-bond donors (Lipinski definition) is 1. The zero-order chi connectivity index (χ0) is 17.7. The molecule has 2 aromatic carbocycles. The predicted molar refractivity (Wildman–Crippen MR) is 97.0 cm³/mol. The molecule has 0 aliphatic rings. The van der Waals surface area contributed by atoms with Gasteiger partial charge in [-0.15, -0.1) is 0 Å². The zero-order valence-corrected chi connectivity index (χ0v) is 15.6. The van der Waals surface area contributed by atoms with Crippen LogP contribution in [0.25, 0.3) is 0 Å². The van der Waals surface area contributed by atoms with Gasteiger partial charge in [-0.25, -0.2) is 13.1 Å². The molecule has 1 atom stereocenters. The number of benzene rings is 2. The molecule has 0 saturated carbocycles. The highest BCUT2D eigenvalue weighted by atomic mass is 35.5. The second-order valence-electron chi connectivity index (χ2n) is 6.01. The van der Waals surface area contributed by atoms with Crippen molar-refractivity contribution in [3.8, 4) is 5.75 Å². The summed E-state index contributed by atoms with van der Waals surface area (Å²) >= 11 is 6.06. The molecule has 0 aliphatic carbocycles. The molecule has 6 heteroatoms. The monoisotopic (exact) mass is 367 g/mol. The molecule has 130 valence electrons. The SMILES string of the molecule is COc1ccc(S(=O)(=O)N[C@H](CC(C)C)c2ccccc2)cc1Cl. The summed E-state index contributed by atoms with van der Waals surface area (Å²) in [5, 5.41) is 0.264. The molecule has 1 N–H and O–H groups in total. The highest BCUT2D eigenvalue weighted by Crippen LogP contribution is 2.29. The van der Waals surface area contributed by atoms with E-state index in [1.807, 2.05) is 30.3 Å². The topological polar surface area (TPSA) is 55.4 Å². The Morgan fingerprint density at radius 1 is 1.12 bits per heavy atom. The Morgan fingerprint density at radius 2 is 1.79 bits per heavy atom. The zero-order valence-electron chi connectivity index (χ0n) is 14.0. The fourth-order valence-corrected chi connectivity index (χ4v) is 4.06. The normalized spacial score (nSPS) is 13.0. The Kier molecular flexibility index (Phi) is 6.27. The van der Waals surface area contributed by atoms with E-state index in [0.717, 1.165) is 5.56 Å². The number of hydrogen-bond acceptors (Lipinski definition) is 3. The van der Waals surface area contributed by atoms with Crippen molar-refractivity contribution in [3.63, 3.8) is 0 Å². The molecule has 4 nitrogen and oxygen atoms in total. The van der Waals surface area contributed by atoms with Crippen LogP contribution in [0, 0.1) is 5.92 Å². The van der Waals surface area contributed by atoms with Gasteiger partial charge in [-0.1, -0.05) is 55.8 Å². The summed E-state index contributed by atoms with van der Waals surface area (Å²) < 4.78 is 33.3. The maximum atomic E-state index is 12.7. The second-order valence-corrected chi connectivity index (χ2v) is 8.13. The van der Waals surface area contributed by atoms with Gasteiger partial charge in [0.15, 0.2) is 0 Å². The summed E-state index contributed by atoms with van der Waals surface area (Å²) in [6, 6.07) is 13.7. The number of nitrogens with one attached hydrogen (secondary N) is 1. The molecule has 2 rings (SSSR count). The summed E-state index contributed by atoms with van der Waals surface area (Å²) in [7, 11) is -2.20. The lowest BCUT2D eigenvalue weighted by atomic mass is 9.98. The standard InChI is InChI=1S/C18H22ClNO3S/c1-13(2)11-17(14-7-5-4-6-8-14)20-24(21,22)15-9-10-18(23-3)16(19)12-15/h4-10,12-13,17,20H,11H2,1-3H3/t17-/m1/s1. The summed E-state index contributed by atoms with van der Waals surface area (Å²) in [5.41, 5.74) is 0.939. The van der Waals surface area contributed by atoms with Crippen LogP contribution in [0.15, 0.2) is 53.4 Å². The molecule has 0 heterocycles. The van der Waals surface area contributed by atoms with Gasteiger partial charge in [0.25, 0.3) is 0 Å². The quantitative estimate of drug-likeness (QED) is 0.788. The molecule has 0 fully saturated rings. The maximum absolute atomic E-state index is 12.7. The van der Waals surface area contributed by atoms with E-state index in [1.165, 1.54) is 19.2 Å². The molecule has 0 aromatic heterocycles. The Balaban J connectivity index is 2.31. The van der Waals surface area contributed by atoms with Crippen LogP contribution in [0.1, 0.15) is 31.9 Å². The van der Waals surface area contributed by atoms with Crippen LogP contribution in [0.4, 0.5) is 0 Å². The Labute approximate surface area is 148 Å². The van der Waals surface area contributed by atoms with Gasteiger partial charge in [0.1, 0.15) is 5.75 Å². The fourth-order valence-electron chi connectivity index (χ4n) is 2.48. The Bertz CT molecular complexity index is 776. The number of ether oxygens (including phenoxy) is 1. The molecular weight excluding hydrogens is 346 g/mol. The van der Waals surface area contributed by atoms with Crippen LogP contribution in [0.2, 0.25) is 5.02 Å². The summed E-state index contributed by atoms with van der Waals surface area (Å²) in [4.78, 5) is 0.123. The summed E-state index contributed by atoms with van der Waals surface area (Å²) in [6.07, 6.45) is 0.702. The van der Waals surface area contributed by atoms with E-state index in [4.69, 9.17) is 16.3 Å². The van der Waals surface area contributed by atoms with E-state index in [2.05, 4.69) is 18.6 Å². The van der Waals surface area contributed by atoms with Crippen LogP contribution in [-0.4, -0.2) is 15.5 Å². The van der Waals surface area contributed by atoms with Crippen LogP contribution < -0.4 is 9.46 Å². The first-order valence-electron chi connectivity index (χ1n) is 7.74. The first kappa shape index (κ1) is 18.8. The molecule has 0 amide bonds. The molecule has 24 heavy (non-hydrogen) atoms. The smallest absolute Gasteiger partial charge is 0.241 e. The summed E-state index contributed by atoms with van der Waals surface area (Å²) in [5.74, 6) is 0.787. The fraction of sp³-hybridized carbons (Fsp3) is 0.333. The maximum Gasteiger partial charge on any atom is 0.241 e. The molecule has 0 spiro atoms. The lowest BCUT2D eigenvalue weighted by Crippen LogP contribution is -2.29. The van der Waals surface area contributed by atoms with E-state index in [0.29, 0.717) is 18.1 Å². The van der Waals surface area contributed by atoms with Gasteiger partial charge in [0.05, 0.1) is 17.0 Å². The third kappa shape index (κ3) is 4.72. The third-order valence-electron chi connectivity index (χ3n) is 3.64. The van der Waals surface area contributed by atoms with E-state index in [9.17, 15) is 8.42 Å². The average molecular weight is 368 g/mol. The van der Waals surface area contributed by atoms with Crippen molar-refractivity contribution in [2.45, 2.75) is 31.2 Å². The van der Waals surface area contributed by atoms with Crippen molar-refractivity contribution in [2.24, 2.45) is 5.92 Å². The first-order chi connectivity index (χ1) is 11.3. The van der Waals surface area contributed by atoms with Gasteiger partial charge in [-0.3, -0.25) is 0 Å². The third-order valence-corrected chi connectivity index (χ3v) is 5.40. The van der Waals surface area contributed by atoms with E-state index < -0.39 is 10.0 Å². The van der Waals surface area contributed by atoms with Gasteiger partial charge in [-0.05, 0) is 36.1 Å². The van der Waals surface area contributed by atoms with Gasteiger partial charge in [0, 0.05) is 6.04 Å². The lowest BCUT2D eigenvalue weighted by Gasteiger charge is -2.21. The van der Waals surface area contributed by atoms with Crippen LogP contribution in [0.5, 0.6) is 5.75 Å².